The van der Waals surface area contributed by atoms with Gasteiger partial charge in [0, 0.05) is 44.5 Å². The van der Waals surface area contributed by atoms with Crippen molar-refractivity contribution in [3.63, 3.8) is 0 Å². The fourth-order valence-electron chi connectivity index (χ4n) is 3.95. The number of aromatic nitrogens is 4. The first-order valence-electron chi connectivity index (χ1n) is 11.6. The van der Waals surface area contributed by atoms with Gasteiger partial charge >= 0.3 is 6.01 Å². The van der Waals surface area contributed by atoms with Gasteiger partial charge in [0.2, 0.25) is 5.91 Å². The molecule has 0 saturated heterocycles. The van der Waals surface area contributed by atoms with Crippen LogP contribution in [0.15, 0.2) is 53.6 Å². The molecule has 0 bridgehead atoms. The van der Waals surface area contributed by atoms with E-state index in [1.54, 1.807) is 33.5 Å². The first-order chi connectivity index (χ1) is 16.8. The Morgan fingerprint density at radius 1 is 1.11 bits per heavy atom. The second-order valence-electron chi connectivity index (χ2n) is 9.08. The van der Waals surface area contributed by atoms with E-state index in [9.17, 15) is 9.59 Å². The van der Waals surface area contributed by atoms with Crippen molar-refractivity contribution in [2.75, 3.05) is 5.32 Å². The summed E-state index contributed by atoms with van der Waals surface area (Å²) in [5.41, 5.74) is 2.45. The molecular formula is C26H27N5O4. The summed E-state index contributed by atoms with van der Waals surface area (Å²) in [6.07, 6.45) is 5.78. The van der Waals surface area contributed by atoms with Crippen molar-refractivity contribution in [2.24, 2.45) is 7.05 Å². The maximum Gasteiger partial charge on any atom is 0.302 e. The highest BCUT2D eigenvalue weighted by Crippen LogP contribution is 2.41. The van der Waals surface area contributed by atoms with Gasteiger partial charge in [-0.25, -0.2) is 4.98 Å². The summed E-state index contributed by atoms with van der Waals surface area (Å²) < 4.78 is 15.6. The van der Waals surface area contributed by atoms with Crippen molar-refractivity contribution in [3.8, 4) is 23.3 Å². The summed E-state index contributed by atoms with van der Waals surface area (Å²) in [5.74, 6) is 2.09. The number of benzene rings is 1. The Balaban J connectivity index is 1.44. The summed E-state index contributed by atoms with van der Waals surface area (Å²) in [4.78, 5) is 33.0. The molecule has 3 aromatic heterocycles. The highest BCUT2D eigenvalue weighted by atomic mass is 16.5. The lowest BCUT2D eigenvalue weighted by atomic mass is 10.2. The number of anilines is 1. The quantitative estimate of drug-likeness (QED) is 0.399. The van der Waals surface area contributed by atoms with E-state index in [1.165, 1.54) is 6.92 Å². The van der Waals surface area contributed by atoms with Gasteiger partial charge < -0.3 is 19.4 Å². The second-order valence-corrected chi connectivity index (χ2v) is 9.08. The number of carbonyl (C=O) groups excluding carboxylic acids is 1. The van der Waals surface area contributed by atoms with Crippen molar-refractivity contribution in [3.05, 3.63) is 64.7 Å². The SMILES string of the molecule is CC(=O)Nc1cc(Oc2ccc3nc(Oc4cc(C5CC5)cn(C(C)C)c4=O)n(C)c3c2)ccn1. The lowest BCUT2D eigenvalue weighted by Gasteiger charge is -2.14. The molecule has 3 heterocycles. The van der Waals surface area contributed by atoms with E-state index >= 15 is 0 Å². The maximum absolute atomic E-state index is 13.0. The van der Waals surface area contributed by atoms with Gasteiger partial charge in [0.1, 0.15) is 17.3 Å². The summed E-state index contributed by atoms with van der Waals surface area (Å²) >= 11 is 0. The van der Waals surface area contributed by atoms with E-state index in [0.29, 0.717) is 34.8 Å². The molecule has 180 valence electrons. The highest BCUT2D eigenvalue weighted by molar-refractivity contribution is 5.87. The topological polar surface area (TPSA) is 100 Å². The number of pyridine rings is 2. The van der Waals surface area contributed by atoms with Crippen molar-refractivity contribution in [2.45, 2.75) is 45.6 Å². The second kappa shape index (κ2) is 8.90. The number of carbonyl (C=O) groups is 1. The number of rotatable bonds is 7. The fourth-order valence-corrected chi connectivity index (χ4v) is 3.95. The molecule has 1 aliphatic carbocycles. The average molecular weight is 474 g/mol. The zero-order valence-electron chi connectivity index (χ0n) is 20.1. The Hall–Kier alpha value is -4.14. The Labute approximate surface area is 202 Å². The molecule has 1 N–H and O–H groups in total. The molecule has 1 saturated carbocycles. The average Bonchev–Trinajstić information content (AvgIpc) is 3.61. The van der Waals surface area contributed by atoms with Crippen LogP contribution in [0.2, 0.25) is 0 Å². The Kier molecular flexibility index (Phi) is 5.76. The lowest BCUT2D eigenvalue weighted by Crippen LogP contribution is -2.23. The van der Waals surface area contributed by atoms with E-state index in [4.69, 9.17) is 9.47 Å². The predicted molar refractivity (Wildman–Crippen MR) is 132 cm³/mol. The van der Waals surface area contributed by atoms with Crippen LogP contribution in [0.1, 0.15) is 51.1 Å². The molecule has 0 aliphatic heterocycles. The third kappa shape index (κ3) is 4.75. The number of imidazole rings is 1. The van der Waals surface area contributed by atoms with E-state index in [2.05, 4.69) is 15.3 Å². The Bertz CT molecular complexity index is 1480. The molecule has 9 nitrogen and oxygen atoms in total. The highest BCUT2D eigenvalue weighted by Gasteiger charge is 2.26. The summed E-state index contributed by atoms with van der Waals surface area (Å²) in [6.45, 7) is 5.40. The molecule has 1 fully saturated rings. The minimum absolute atomic E-state index is 0.0306. The number of fused-ring (bicyclic) bond motifs is 1. The number of nitrogens with one attached hydrogen (secondary N) is 1. The summed E-state index contributed by atoms with van der Waals surface area (Å²) in [5, 5.41) is 2.64. The van der Waals surface area contributed by atoms with Crippen LogP contribution in [0.5, 0.6) is 23.3 Å². The van der Waals surface area contributed by atoms with Crippen molar-refractivity contribution in [1.29, 1.82) is 0 Å². The number of hydrogen-bond donors (Lipinski definition) is 1. The molecule has 0 spiro atoms. The molecule has 35 heavy (non-hydrogen) atoms. The molecule has 9 heteroatoms. The van der Waals surface area contributed by atoms with Gasteiger partial charge in [-0.05, 0) is 62.4 Å². The largest absolute Gasteiger partial charge is 0.457 e. The third-order valence-electron chi connectivity index (χ3n) is 5.92. The third-order valence-corrected chi connectivity index (χ3v) is 5.92. The normalized spacial score (nSPS) is 13.3. The van der Waals surface area contributed by atoms with E-state index < -0.39 is 0 Å². The minimum atomic E-state index is -0.207. The van der Waals surface area contributed by atoms with Gasteiger partial charge in [-0.1, -0.05) is 0 Å². The predicted octanol–water partition coefficient (Wildman–Crippen LogP) is 5.13. The van der Waals surface area contributed by atoms with E-state index in [0.717, 1.165) is 23.9 Å². The molecule has 0 atom stereocenters. The van der Waals surface area contributed by atoms with Gasteiger partial charge in [-0.15, -0.1) is 0 Å². The zero-order valence-corrected chi connectivity index (χ0v) is 20.1. The molecule has 1 amide bonds. The number of nitrogens with zero attached hydrogens (tertiary/aromatic N) is 4. The molecular weight excluding hydrogens is 446 g/mol. The number of amides is 1. The smallest absolute Gasteiger partial charge is 0.302 e. The molecule has 1 aliphatic rings. The fraction of sp³-hybridized carbons (Fsp3) is 0.308. The van der Waals surface area contributed by atoms with Crippen LogP contribution in [0.3, 0.4) is 0 Å². The first kappa shape index (κ1) is 22.6. The van der Waals surface area contributed by atoms with Crippen LogP contribution in [-0.2, 0) is 11.8 Å². The van der Waals surface area contributed by atoms with Gasteiger partial charge in [0.25, 0.3) is 5.56 Å². The van der Waals surface area contributed by atoms with Crippen molar-refractivity contribution < 1.29 is 14.3 Å². The minimum Gasteiger partial charge on any atom is -0.457 e. The van der Waals surface area contributed by atoms with E-state index in [1.807, 2.05) is 45.3 Å². The van der Waals surface area contributed by atoms with Gasteiger partial charge in [0.05, 0.1) is 11.0 Å². The number of aryl methyl sites for hydroxylation is 1. The van der Waals surface area contributed by atoms with Crippen LogP contribution >= 0.6 is 0 Å². The van der Waals surface area contributed by atoms with Crippen molar-refractivity contribution >= 4 is 22.8 Å². The standard InChI is InChI=1S/C26H27N5O4/c1-15(2)31-14-18(17-5-6-17)11-23(25(31)33)35-26-29-21-8-7-19(12-22(21)30(26)4)34-20-9-10-27-24(13-20)28-16(3)32/h7-15,17H,5-6H2,1-4H3,(H,27,28,32). The molecule has 0 radical (unpaired) electrons. The molecule has 1 aromatic carbocycles. The Morgan fingerprint density at radius 2 is 1.89 bits per heavy atom. The van der Waals surface area contributed by atoms with Crippen LogP contribution in [0.25, 0.3) is 11.0 Å². The monoisotopic (exact) mass is 473 g/mol. The number of ether oxygens (including phenoxy) is 2. The van der Waals surface area contributed by atoms with Gasteiger partial charge in [0.15, 0.2) is 5.75 Å². The van der Waals surface area contributed by atoms with Crippen LogP contribution < -0.4 is 20.3 Å². The van der Waals surface area contributed by atoms with Crippen LogP contribution in [0, 0.1) is 0 Å². The molecule has 0 unspecified atom stereocenters. The molecule has 4 aromatic rings. The van der Waals surface area contributed by atoms with Crippen LogP contribution in [-0.4, -0.2) is 25.0 Å². The lowest BCUT2D eigenvalue weighted by molar-refractivity contribution is -0.114. The number of hydrogen-bond acceptors (Lipinski definition) is 6. The zero-order chi connectivity index (χ0) is 24.7. The maximum atomic E-state index is 13.0. The molecule has 5 rings (SSSR count). The summed E-state index contributed by atoms with van der Waals surface area (Å²) in [7, 11) is 1.83. The van der Waals surface area contributed by atoms with Crippen molar-refractivity contribution in [1.82, 2.24) is 19.1 Å². The first-order valence-corrected chi connectivity index (χ1v) is 11.6. The van der Waals surface area contributed by atoms with Gasteiger partial charge in [-0.2, -0.15) is 4.98 Å². The summed E-state index contributed by atoms with van der Waals surface area (Å²) in [6, 6.07) is 11.1. The van der Waals surface area contributed by atoms with E-state index in [-0.39, 0.29) is 23.3 Å². The Morgan fingerprint density at radius 3 is 2.60 bits per heavy atom. The van der Waals surface area contributed by atoms with Gasteiger partial charge in [-0.3, -0.25) is 14.2 Å². The van der Waals surface area contributed by atoms with Crippen LogP contribution in [0.4, 0.5) is 5.82 Å².